The third-order valence-electron chi connectivity index (χ3n) is 3.11. The van der Waals surface area contributed by atoms with Crippen molar-refractivity contribution >= 4 is 21.6 Å². The average molecular weight is 294 g/mol. The van der Waals surface area contributed by atoms with Crippen LogP contribution in [0.1, 0.15) is 39.7 Å². The van der Waals surface area contributed by atoms with Crippen molar-refractivity contribution in [3.63, 3.8) is 0 Å². The molecule has 0 fully saturated rings. The lowest BCUT2D eigenvalue weighted by atomic mass is 10.0. The van der Waals surface area contributed by atoms with E-state index < -0.39 is 0 Å². The highest BCUT2D eigenvalue weighted by atomic mass is 79.9. The minimum atomic E-state index is 0.608. The highest BCUT2D eigenvalue weighted by Crippen LogP contribution is 2.14. The molecular formula is C15H20BrN. The zero-order chi connectivity index (χ0) is 12.8. The SMILES string of the molecule is CCC(C)/C(C)=C\N=C(C)c1ccc(Br)cc1. The molecule has 1 atom stereocenters. The van der Waals surface area contributed by atoms with Crippen LogP contribution in [0.3, 0.4) is 0 Å². The van der Waals surface area contributed by atoms with Crippen molar-refractivity contribution < 1.29 is 0 Å². The third kappa shape index (κ3) is 4.47. The normalized spacial score (nSPS) is 14.9. The lowest BCUT2D eigenvalue weighted by Gasteiger charge is -2.07. The van der Waals surface area contributed by atoms with Gasteiger partial charge in [-0.05, 0) is 43.9 Å². The topological polar surface area (TPSA) is 12.4 Å². The molecule has 92 valence electrons. The van der Waals surface area contributed by atoms with Crippen LogP contribution in [0.5, 0.6) is 0 Å². The molecule has 0 radical (unpaired) electrons. The van der Waals surface area contributed by atoms with Gasteiger partial charge in [-0.15, -0.1) is 0 Å². The quantitative estimate of drug-likeness (QED) is 0.676. The molecule has 0 spiro atoms. The molecular weight excluding hydrogens is 274 g/mol. The third-order valence-corrected chi connectivity index (χ3v) is 3.64. The molecule has 0 aromatic heterocycles. The predicted octanol–water partition coefficient (Wildman–Crippen LogP) is 5.21. The van der Waals surface area contributed by atoms with Gasteiger partial charge in [0.05, 0.1) is 0 Å². The van der Waals surface area contributed by atoms with Crippen LogP contribution in [-0.2, 0) is 0 Å². The second-order valence-electron chi connectivity index (χ2n) is 4.40. The van der Waals surface area contributed by atoms with Crippen LogP contribution in [-0.4, -0.2) is 5.71 Å². The van der Waals surface area contributed by atoms with Gasteiger partial charge in [0.1, 0.15) is 0 Å². The number of aliphatic imine (C=N–C) groups is 1. The minimum Gasteiger partial charge on any atom is -0.261 e. The lowest BCUT2D eigenvalue weighted by Crippen LogP contribution is -1.95. The van der Waals surface area contributed by atoms with Crippen molar-refractivity contribution in [3.8, 4) is 0 Å². The van der Waals surface area contributed by atoms with E-state index in [0.29, 0.717) is 5.92 Å². The monoisotopic (exact) mass is 293 g/mol. The Morgan fingerprint density at radius 2 is 1.88 bits per heavy atom. The first-order chi connectivity index (χ1) is 8.04. The number of hydrogen-bond acceptors (Lipinski definition) is 1. The van der Waals surface area contributed by atoms with E-state index in [9.17, 15) is 0 Å². The Kier molecular flexibility index (Phi) is 5.63. The van der Waals surface area contributed by atoms with Crippen LogP contribution in [0.4, 0.5) is 0 Å². The molecule has 1 nitrogen and oxygen atoms in total. The molecule has 0 saturated heterocycles. The van der Waals surface area contributed by atoms with Crippen LogP contribution >= 0.6 is 15.9 Å². The number of halogens is 1. The van der Waals surface area contributed by atoms with Crippen molar-refractivity contribution in [1.82, 2.24) is 0 Å². The fourth-order valence-electron chi connectivity index (χ4n) is 1.41. The van der Waals surface area contributed by atoms with Gasteiger partial charge in [0.25, 0.3) is 0 Å². The fraction of sp³-hybridized carbons (Fsp3) is 0.400. The van der Waals surface area contributed by atoms with Gasteiger partial charge < -0.3 is 0 Å². The zero-order valence-electron chi connectivity index (χ0n) is 11.0. The van der Waals surface area contributed by atoms with E-state index in [1.807, 2.05) is 25.3 Å². The molecule has 1 aromatic carbocycles. The number of hydrogen-bond donors (Lipinski definition) is 0. The van der Waals surface area contributed by atoms with Crippen LogP contribution in [0.15, 0.2) is 45.5 Å². The maximum atomic E-state index is 4.53. The lowest BCUT2D eigenvalue weighted by molar-refractivity contribution is 0.653. The molecule has 0 aliphatic heterocycles. The van der Waals surface area contributed by atoms with Crippen molar-refractivity contribution in [2.75, 3.05) is 0 Å². The smallest absolute Gasteiger partial charge is 0.0444 e. The molecule has 0 aliphatic carbocycles. The number of allylic oxidation sites excluding steroid dienone is 1. The summed E-state index contributed by atoms with van der Waals surface area (Å²) in [7, 11) is 0. The summed E-state index contributed by atoms with van der Waals surface area (Å²) in [6.07, 6.45) is 3.15. The van der Waals surface area contributed by atoms with E-state index in [1.54, 1.807) is 0 Å². The maximum absolute atomic E-state index is 4.53. The first-order valence-corrected chi connectivity index (χ1v) is 6.81. The Bertz CT molecular complexity index is 415. The van der Waals surface area contributed by atoms with Crippen LogP contribution in [0, 0.1) is 5.92 Å². The summed E-state index contributed by atoms with van der Waals surface area (Å²) < 4.78 is 1.10. The van der Waals surface area contributed by atoms with Crippen molar-refractivity contribution in [1.29, 1.82) is 0 Å². The number of benzene rings is 1. The van der Waals surface area contributed by atoms with Gasteiger partial charge in [0, 0.05) is 16.4 Å². The van der Waals surface area contributed by atoms with Gasteiger partial charge in [-0.1, -0.05) is 47.5 Å². The first-order valence-electron chi connectivity index (χ1n) is 6.01. The summed E-state index contributed by atoms with van der Waals surface area (Å²) in [4.78, 5) is 4.53. The molecule has 2 heteroatoms. The molecule has 1 unspecified atom stereocenters. The minimum absolute atomic E-state index is 0.608. The fourth-order valence-corrected chi connectivity index (χ4v) is 1.68. The summed E-state index contributed by atoms with van der Waals surface area (Å²) in [5.74, 6) is 0.608. The van der Waals surface area contributed by atoms with Gasteiger partial charge in [0.2, 0.25) is 0 Å². The largest absolute Gasteiger partial charge is 0.261 e. The van der Waals surface area contributed by atoms with Crippen molar-refractivity contribution in [3.05, 3.63) is 46.1 Å². The molecule has 0 amide bonds. The molecule has 0 saturated carbocycles. The Morgan fingerprint density at radius 3 is 2.41 bits per heavy atom. The first kappa shape index (κ1) is 14.2. The predicted molar refractivity (Wildman–Crippen MR) is 79.6 cm³/mol. The maximum Gasteiger partial charge on any atom is 0.0444 e. The molecule has 1 aromatic rings. The Balaban J connectivity index is 2.82. The van der Waals surface area contributed by atoms with Gasteiger partial charge in [0.15, 0.2) is 0 Å². The summed E-state index contributed by atoms with van der Waals surface area (Å²) in [6, 6.07) is 8.24. The summed E-state index contributed by atoms with van der Waals surface area (Å²) in [5, 5.41) is 0. The zero-order valence-corrected chi connectivity index (χ0v) is 12.6. The molecule has 17 heavy (non-hydrogen) atoms. The highest BCUT2D eigenvalue weighted by molar-refractivity contribution is 9.10. The molecule has 1 rings (SSSR count). The molecule has 0 bridgehead atoms. The van der Waals surface area contributed by atoms with Crippen molar-refractivity contribution in [2.45, 2.75) is 34.1 Å². The Morgan fingerprint density at radius 1 is 1.29 bits per heavy atom. The van der Waals surface area contributed by atoms with Gasteiger partial charge in [-0.3, -0.25) is 4.99 Å². The number of nitrogens with zero attached hydrogens (tertiary/aromatic N) is 1. The molecule has 0 heterocycles. The number of rotatable bonds is 4. The Labute approximate surface area is 113 Å². The van der Waals surface area contributed by atoms with E-state index in [4.69, 9.17) is 0 Å². The average Bonchev–Trinajstić information content (AvgIpc) is 2.35. The summed E-state index contributed by atoms with van der Waals surface area (Å²) in [6.45, 7) is 8.62. The highest BCUT2D eigenvalue weighted by Gasteiger charge is 2.00. The van der Waals surface area contributed by atoms with E-state index in [-0.39, 0.29) is 0 Å². The van der Waals surface area contributed by atoms with Gasteiger partial charge >= 0.3 is 0 Å². The van der Waals surface area contributed by atoms with E-state index in [1.165, 1.54) is 11.1 Å². The van der Waals surface area contributed by atoms with E-state index >= 15 is 0 Å². The van der Waals surface area contributed by atoms with E-state index in [0.717, 1.165) is 16.6 Å². The molecule has 0 N–H and O–H groups in total. The summed E-state index contributed by atoms with van der Waals surface area (Å²) >= 11 is 3.43. The van der Waals surface area contributed by atoms with Crippen molar-refractivity contribution in [2.24, 2.45) is 10.9 Å². The second kappa shape index (κ2) is 6.75. The van der Waals surface area contributed by atoms with Gasteiger partial charge in [-0.25, -0.2) is 0 Å². The van der Waals surface area contributed by atoms with Crippen LogP contribution in [0.25, 0.3) is 0 Å². The van der Waals surface area contributed by atoms with Crippen LogP contribution < -0.4 is 0 Å². The second-order valence-corrected chi connectivity index (χ2v) is 5.32. The Hall–Kier alpha value is -0.890. The van der Waals surface area contributed by atoms with E-state index in [2.05, 4.69) is 53.8 Å². The summed E-state index contributed by atoms with van der Waals surface area (Å²) in [5.41, 5.74) is 3.56. The molecule has 0 aliphatic rings. The van der Waals surface area contributed by atoms with Crippen LogP contribution in [0.2, 0.25) is 0 Å². The standard InChI is InChI=1S/C15H20BrN/c1-5-11(2)12(3)10-17-13(4)14-6-8-15(16)9-7-14/h6-11H,5H2,1-4H3/b12-10-,17-13?. The van der Waals surface area contributed by atoms with Gasteiger partial charge in [-0.2, -0.15) is 0 Å².